The van der Waals surface area contributed by atoms with E-state index in [0.717, 1.165) is 11.5 Å². The lowest BCUT2D eigenvalue weighted by molar-refractivity contribution is 1.11. The molecule has 0 aromatic heterocycles. The summed E-state index contributed by atoms with van der Waals surface area (Å²) in [6.07, 6.45) is 2.64. The third kappa shape index (κ3) is 2.05. The summed E-state index contributed by atoms with van der Waals surface area (Å²) in [7, 11) is 0. The number of hydrogen-bond donors (Lipinski definition) is 2. The van der Waals surface area contributed by atoms with Crippen molar-refractivity contribution in [1.82, 2.24) is 0 Å². The molecule has 70 valence electrons. The molecule has 1 aromatic carbocycles. The Morgan fingerprint density at radius 2 is 1.77 bits per heavy atom. The second kappa shape index (κ2) is 3.56. The van der Waals surface area contributed by atoms with Gasteiger partial charge >= 0.3 is 0 Å². The van der Waals surface area contributed by atoms with Crippen LogP contribution in [0.5, 0.6) is 0 Å². The van der Waals surface area contributed by atoms with Crippen molar-refractivity contribution in [2.75, 3.05) is 0 Å². The van der Waals surface area contributed by atoms with Crippen molar-refractivity contribution in [2.45, 2.75) is 18.8 Å². The number of nitrogens with two attached hydrogens (primary N) is 1. The SMILES string of the molecule is F.N=C(N)c1ccc(C2CC2)cc1. The van der Waals surface area contributed by atoms with E-state index in [-0.39, 0.29) is 10.5 Å². The number of nitrogens with one attached hydrogen (secondary N) is 1. The first-order valence-electron chi connectivity index (χ1n) is 4.22. The zero-order valence-corrected chi connectivity index (χ0v) is 7.29. The molecule has 0 atom stereocenters. The molecule has 0 unspecified atom stereocenters. The van der Waals surface area contributed by atoms with Gasteiger partial charge in [0.1, 0.15) is 5.84 Å². The van der Waals surface area contributed by atoms with Gasteiger partial charge in [-0.1, -0.05) is 24.3 Å². The van der Waals surface area contributed by atoms with Crippen molar-refractivity contribution in [3.05, 3.63) is 35.4 Å². The van der Waals surface area contributed by atoms with E-state index in [4.69, 9.17) is 11.1 Å². The fourth-order valence-corrected chi connectivity index (χ4v) is 1.35. The van der Waals surface area contributed by atoms with E-state index in [9.17, 15) is 0 Å². The molecule has 0 saturated heterocycles. The van der Waals surface area contributed by atoms with E-state index in [1.165, 1.54) is 18.4 Å². The Bertz CT molecular complexity index is 301. The maximum Gasteiger partial charge on any atom is 0.122 e. The van der Waals surface area contributed by atoms with E-state index in [0.29, 0.717) is 0 Å². The Kier molecular flexibility index (Phi) is 2.66. The molecule has 13 heavy (non-hydrogen) atoms. The molecule has 0 amide bonds. The number of nitrogen functional groups attached to an aromatic ring is 1. The summed E-state index contributed by atoms with van der Waals surface area (Å²) in [6, 6.07) is 8.01. The molecule has 1 aliphatic rings. The van der Waals surface area contributed by atoms with Crippen molar-refractivity contribution < 1.29 is 4.70 Å². The molecule has 3 heteroatoms. The fraction of sp³-hybridized carbons (Fsp3) is 0.300. The van der Waals surface area contributed by atoms with Crippen molar-refractivity contribution in [1.29, 1.82) is 5.41 Å². The lowest BCUT2D eigenvalue weighted by Crippen LogP contribution is -2.10. The molecule has 3 N–H and O–H groups in total. The van der Waals surface area contributed by atoms with Gasteiger partial charge in [0.05, 0.1) is 0 Å². The molecule has 2 rings (SSSR count). The third-order valence-corrected chi connectivity index (χ3v) is 2.27. The van der Waals surface area contributed by atoms with Crippen LogP contribution < -0.4 is 5.73 Å². The van der Waals surface area contributed by atoms with Gasteiger partial charge in [-0.15, -0.1) is 0 Å². The highest BCUT2D eigenvalue weighted by atomic mass is 19.0. The van der Waals surface area contributed by atoms with Crippen LogP contribution in [0.2, 0.25) is 0 Å². The minimum Gasteiger partial charge on any atom is -0.384 e. The summed E-state index contributed by atoms with van der Waals surface area (Å²) in [5, 5.41) is 7.21. The average molecular weight is 180 g/mol. The number of rotatable bonds is 2. The zero-order valence-electron chi connectivity index (χ0n) is 7.29. The Hall–Kier alpha value is -1.38. The Morgan fingerprint density at radius 1 is 1.23 bits per heavy atom. The molecule has 1 fully saturated rings. The van der Waals surface area contributed by atoms with Crippen LogP contribution in [0.3, 0.4) is 0 Å². The van der Waals surface area contributed by atoms with Gasteiger partial charge in [-0.25, -0.2) is 0 Å². The Balaban J connectivity index is 0.000000845. The van der Waals surface area contributed by atoms with E-state index in [2.05, 4.69) is 12.1 Å². The van der Waals surface area contributed by atoms with Gasteiger partial charge in [-0.05, 0) is 24.3 Å². The number of benzene rings is 1. The molecular weight excluding hydrogens is 167 g/mol. The first-order valence-corrected chi connectivity index (χ1v) is 4.22. The standard InChI is InChI=1S/C10H12N2.FH/c11-10(12)9-5-3-8(4-6-9)7-1-2-7;/h3-7H,1-2H2,(H3,11,12);1H. The minimum absolute atomic E-state index is 0. The van der Waals surface area contributed by atoms with Crippen LogP contribution in [0.1, 0.15) is 29.9 Å². The van der Waals surface area contributed by atoms with Crippen LogP contribution in [0.25, 0.3) is 0 Å². The Morgan fingerprint density at radius 3 is 2.15 bits per heavy atom. The highest BCUT2D eigenvalue weighted by Gasteiger charge is 2.22. The van der Waals surface area contributed by atoms with Gasteiger partial charge in [0, 0.05) is 5.56 Å². The average Bonchev–Trinajstić information content (AvgIpc) is 2.87. The minimum atomic E-state index is 0. The number of hydrogen-bond acceptors (Lipinski definition) is 1. The van der Waals surface area contributed by atoms with Crippen LogP contribution in [-0.4, -0.2) is 5.84 Å². The van der Waals surface area contributed by atoms with Gasteiger partial charge in [0.2, 0.25) is 0 Å². The van der Waals surface area contributed by atoms with E-state index < -0.39 is 0 Å². The largest absolute Gasteiger partial charge is 0.384 e. The lowest BCUT2D eigenvalue weighted by atomic mass is 10.1. The van der Waals surface area contributed by atoms with E-state index in [1.807, 2.05) is 12.1 Å². The summed E-state index contributed by atoms with van der Waals surface area (Å²) in [5.74, 6) is 0.934. The highest BCUT2D eigenvalue weighted by Crippen LogP contribution is 2.39. The molecular formula is C10H13FN2. The molecule has 1 aromatic rings. The second-order valence-corrected chi connectivity index (χ2v) is 3.31. The second-order valence-electron chi connectivity index (χ2n) is 3.31. The predicted octanol–water partition coefficient (Wildman–Crippen LogP) is 2.00. The number of amidine groups is 1. The van der Waals surface area contributed by atoms with Crippen LogP contribution in [0.15, 0.2) is 24.3 Å². The molecule has 0 spiro atoms. The van der Waals surface area contributed by atoms with Crippen molar-refractivity contribution in [3.63, 3.8) is 0 Å². The van der Waals surface area contributed by atoms with Gasteiger partial charge in [0.15, 0.2) is 0 Å². The monoisotopic (exact) mass is 180 g/mol. The van der Waals surface area contributed by atoms with E-state index >= 15 is 0 Å². The van der Waals surface area contributed by atoms with Gasteiger partial charge < -0.3 is 5.73 Å². The maximum absolute atomic E-state index is 7.21. The maximum atomic E-state index is 7.21. The molecule has 1 saturated carbocycles. The van der Waals surface area contributed by atoms with Gasteiger partial charge in [-0.3, -0.25) is 10.1 Å². The molecule has 0 aliphatic heterocycles. The molecule has 0 heterocycles. The molecule has 1 aliphatic carbocycles. The lowest BCUT2D eigenvalue weighted by Gasteiger charge is -2.00. The van der Waals surface area contributed by atoms with Crippen LogP contribution in [0, 0.1) is 5.41 Å². The summed E-state index contributed by atoms with van der Waals surface area (Å²) >= 11 is 0. The van der Waals surface area contributed by atoms with Gasteiger partial charge in [0.25, 0.3) is 0 Å². The topological polar surface area (TPSA) is 49.9 Å². The first-order chi connectivity index (χ1) is 5.77. The zero-order chi connectivity index (χ0) is 8.55. The van der Waals surface area contributed by atoms with Crippen LogP contribution in [0.4, 0.5) is 4.70 Å². The fourth-order valence-electron chi connectivity index (χ4n) is 1.35. The van der Waals surface area contributed by atoms with Gasteiger partial charge in [-0.2, -0.15) is 0 Å². The summed E-state index contributed by atoms with van der Waals surface area (Å²) < 4.78 is 0. The van der Waals surface area contributed by atoms with Crippen molar-refractivity contribution in [2.24, 2.45) is 5.73 Å². The Labute approximate surface area is 76.6 Å². The normalized spacial score (nSPS) is 14.8. The van der Waals surface area contributed by atoms with Crippen LogP contribution in [-0.2, 0) is 0 Å². The van der Waals surface area contributed by atoms with E-state index in [1.54, 1.807) is 0 Å². The van der Waals surface area contributed by atoms with Crippen molar-refractivity contribution in [3.8, 4) is 0 Å². The summed E-state index contributed by atoms with van der Waals surface area (Å²) in [6.45, 7) is 0. The highest BCUT2D eigenvalue weighted by molar-refractivity contribution is 5.94. The quantitative estimate of drug-likeness (QED) is 0.530. The number of halogens is 1. The third-order valence-electron chi connectivity index (χ3n) is 2.27. The molecule has 0 radical (unpaired) electrons. The predicted molar refractivity (Wildman–Crippen MR) is 51.9 cm³/mol. The molecule has 0 bridgehead atoms. The molecule has 2 nitrogen and oxygen atoms in total. The first kappa shape index (κ1) is 9.71. The van der Waals surface area contributed by atoms with Crippen molar-refractivity contribution >= 4 is 5.84 Å². The van der Waals surface area contributed by atoms with Crippen LogP contribution >= 0.6 is 0 Å². The summed E-state index contributed by atoms with van der Waals surface area (Å²) in [5.41, 5.74) is 7.55. The summed E-state index contributed by atoms with van der Waals surface area (Å²) in [4.78, 5) is 0. The smallest absolute Gasteiger partial charge is 0.122 e.